The highest BCUT2D eigenvalue weighted by atomic mass is 32.2. The Morgan fingerprint density at radius 3 is 2.62 bits per heavy atom. The topological polar surface area (TPSA) is 96.4 Å². The highest BCUT2D eigenvalue weighted by Gasteiger charge is 2.29. The molecule has 0 aliphatic rings. The van der Waals surface area contributed by atoms with Gasteiger partial charge >= 0.3 is 5.97 Å². The van der Waals surface area contributed by atoms with Gasteiger partial charge < -0.3 is 5.11 Å². The van der Waals surface area contributed by atoms with Crippen LogP contribution in [0.5, 0.6) is 0 Å². The van der Waals surface area contributed by atoms with Crippen molar-refractivity contribution in [3.05, 3.63) is 16.6 Å². The Bertz CT molecular complexity index is 454. The van der Waals surface area contributed by atoms with E-state index < -0.39 is 27.3 Å². The molecule has 0 bridgehead atoms. The molecule has 0 saturated carbocycles. The summed E-state index contributed by atoms with van der Waals surface area (Å²) < 4.78 is 25.4. The molecule has 8 heteroatoms. The van der Waals surface area contributed by atoms with Crippen LogP contribution in [0.15, 0.2) is 11.6 Å². The summed E-state index contributed by atoms with van der Waals surface area (Å²) >= 11 is 1.31. The number of nitrogens with one attached hydrogen (secondary N) is 1. The number of hydrogen-bond acceptors (Lipinski definition) is 5. The van der Waals surface area contributed by atoms with Crippen LogP contribution >= 0.6 is 11.3 Å². The van der Waals surface area contributed by atoms with Gasteiger partial charge in [0.25, 0.3) is 0 Å². The lowest BCUT2D eigenvalue weighted by Gasteiger charge is -2.14. The summed E-state index contributed by atoms with van der Waals surface area (Å²) in [4.78, 5) is 14.5. The molecular weight excluding hydrogens is 252 g/mol. The third-order valence-electron chi connectivity index (χ3n) is 1.98. The van der Waals surface area contributed by atoms with Crippen molar-refractivity contribution in [1.82, 2.24) is 9.71 Å². The van der Waals surface area contributed by atoms with Crippen molar-refractivity contribution >= 4 is 27.3 Å². The number of nitrogens with zero attached hydrogens (tertiary/aromatic N) is 1. The van der Waals surface area contributed by atoms with Crippen LogP contribution in [-0.2, 0) is 14.8 Å². The van der Waals surface area contributed by atoms with Gasteiger partial charge in [-0.2, -0.15) is 0 Å². The van der Waals surface area contributed by atoms with Gasteiger partial charge in [-0.1, -0.05) is 0 Å². The SMILES string of the molecule is CC(NS(=O)(=O)C(C)C(=O)O)c1nccs1. The van der Waals surface area contributed by atoms with Crippen molar-refractivity contribution in [2.75, 3.05) is 0 Å². The molecular formula is C8H12N2O4S2. The van der Waals surface area contributed by atoms with Crippen LogP contribution in [0.25, 0.3) is 0 Å². The number of thiazole rings is 1. The van der Waals surface area contributed by atoms with E-state index in [1.54, 1.807) is 18.5 Å². The fourth-order valence-corrected chi connectivity index (χ4v) is 2.77. The number of hydrogen-bond donors (Lipinski definition) is 2. The smallest absolute Gasteiger partial charge is 0.323 e. The zero-order chi connectivity index (χ0) is 12.3. The first-order valence-electron chi connectivity index (χ1n) is 4.48. The van der Waals surface area contributed by atoms with Crippen LogP contribution < -0.4 is 4.72 Å². The molecule has 0 saturated heterocycles. The molecule has 0 aromatic carbocycles. The summed E-state index contributed by atoms with van der Waals surface area (Å²) in [5.74, 6) is -1.38. The van der Waals surface area contributed by atoms with E-state index in [1.807, 2.05) is 0 Å². The highest BCUT2D eigenvalue weighted by Crippen LogP contribution is 2.16. The molecule has 90 valence electrons. The molecule has 6 nitrogen and oxygen atoms in total. The Morgan fingerprint density at radius 1 is 1.56 bits per heavy atom. The first-order chi connectivity index (χ1) is 7.34. The molecule has 0 aliphatic carbocycles. The third-order valence-corrected chi connectivity index (χ3v) is 4.75. The molecule has 1 rings (SSSR count). The average Bonchev–Trinajstić information content (AvgIpc) is 2.68. The van der Waals surface area contributed by atoms with Gasteiger partial charge in [0.15, 0.2) is 5.25 Å². The van der Waals surface area contributed by atoms with Crippen LogP contribution in [0.4, 0.5) is 0 Å². The number of aromatic nitrogens is 1. The minimum atomic E-state index is -3.87. The number of carboxylic acids is 1. The minimum Gasteiger partial charge on any atom is -0.480 e. The lowest BCUT2D eigenvalue weighted by Crippen LogP contribution is -2.38. The predicted octanol–water partition coefficient (Wildman–Crippen LogP) is 0.597. The van der Waals surface area contributed by atoms with Crippen LogP contribution in [0.1, 0.15) is 24.9 Å². The molecule has 2 atom stereocenters. The van der Waals surface area contributed by atoms with Gasteiger partial charge in [-0.15, -0.1) is 11.3 Å². The fraction of sp³-hybridized carbons (Fsp3) is 0.500. The van der Waals surface area contributed by atoms with E-state index in [0.717, 1.165) is 6.92 Å². The van der Waals surface area contributed by atoms with Gasteiger partial charge in [-0.25, -0.2) is 18.1 Å². The van der Waals surface area contributed by atoms with Crippen molar-refractivity contribution < 1.29 is 18.3 Å². The normalized spacial score (nSPS) is 15.6. The number of carboxylic acid groups (broad SMARTS) is 1. The second-order valence-electron chi connectivity index (χ2n) is 3.24. The Balaban J connectivity index is 2.78. The molecule has 16 heavy (non-hydrogen) atoms. The van der Waals surface area contributed by atoms with E-state index in [1.165, 1.54) is 11.3 Å². The minimum absolute atomic E-state index is 0.521. The monoisotopic (exact) mass is 264 g/mol. The first-order valence-corrected chi connectivity index (χ1v) is 6.90. The Hall–Kier alpha value is -0.990. The van der Waals surface area contributed by atoms with Crippen LogP contribution in [0, 0.1) is 0 Å². The molecule has 1 aromatic rings. The van der Waals surface area contributed by atoms with Crippen molar-refractivity contribution in [3.8, 4) is 0 Å². The number of rotatable bonds is 5. The summed E-state index contributed by atoms with van der Waals surface area (Å²) in [6.45, 7) is 2.74. The van der Waals surface area contributed by atoms with Gasteiger partial charge in [0.05, 0.1) is 6.04 Å². The maximum atomic E-state index is 11.6. The standard InChI is InChI=1S/C8H12N2O4S2/c1-5(7-9-3-4-15-7)10-16(13,14)6(2)8(11)12/h3-6,10H,1-2H3,(H,11,12). The van der Waals surface area contributed by atoms with Gasteiger partial charge in [-0.3, -0.25) is 4.79 Å². The second-order valence-corrected chi connectivity index (χ2v) is 6.19. The van der Waals surface area contributed by atoms with E-state index in [4.69, 9.17) is 5.11 Å². The maximum Gasteiger partial charge on any atom is 0.323 e. The number of carbonyl (C=O) groups is 1. The average molecular weight is 264 g/mol. The summed E-state index contributed by atoms with van der Waals surface area (Å²) in [5.41, 5.74) is 0. The van der Waals surface area contributed by atoms with Crippen molar-refractivity contribution in [2.24, 2.45) is 0 Å². The molecule has 1 heterocycles. The van der Waals surface area contributed by atoms with Gasteiger partial charge in [0.2, 0.25) is 10.0 Å². The Kier molecular flexibility index (Phi) is 4.00. The predicted molar refractivity (Wildman–Crippen MR) is 59.7 cm³/mol. The summed E-state index contributed by atoms with van der Waals surface area (Å²) in [7, 11) is -3.87. The van der Waals surface area contributed by atoms with E-state index in [9.17, 15) is 13.2 Å². The van der Waals surface area contributed by atoms with Crippen LogP contribution in [0.3, 0.4) is 0 Å². The van der Waals surface area contributed by atoms with Crippen molar-refractivity contribution in [1.29, 1.82) is 0 Å². The second kappa shape index (κ2) is 4.89. The lowest BCUT2D eigenvalue weighted by molar-refractivity contribution is -0.136. The molecule has 2 unspecified atom stereocenters. The molecule has 0 spiro atoms. The lowest BCUT2D eigenvalue weighted by atomic mass is 10.4. The van der Waals surface area contributed by atoms with Gasteiger partial charge in [-0.05, 0) is 13.8 Å². The third kappa shape index (κ3) is 3.00. The maximum absolute atomic E-state index is 11.6. The molecule has 0 aliphatic heterocycles. The van der Waals surface area contributed by atoms with E-state index in [0.29, 0.717) is 5.01 Å². The molecule has 1 aromatic heterocycles. The molecule has 0 amide bonds. The van der Waals surface area contributed by atoms with E-state index in [2.05, 4.69) is 9.71 Å². The summed E-state index contributed by atoms with van der Waals surface area (Å²) in [5, 5.41) is 9.47. The largest absolute Gasteiger partial charge is 0.480 e. The van der Waals surface area contributed by atoms with Gasteiger partial charge in [0.1, 0.15) is 5.01 Å². The summed E-state index contributed by atoms with van der Waals surface area (Å²) in [6.07, 6.45) is 1.56. The molecule has 0 fully saturated rings. The number of sulfonamides is 1. The summed E-state index contributed by atoms with van der Waals surface area (Å²) in [6, 6.07) is -0.521. The Labute approximate surface area is 97.4 Å². The van der Waals surface area contributed by atoms with Crippen molar-refractivity contribution in [2.45, 2.75) is 25.1 Å². The molecule has 0 radical (unpaired) electrons. The zero-order valence-electron chi connectivity index (χ0n) is 8.75. The van der Waals surface area contributed by atoms with Crippen LogP contribution in [-0.4, -0.2) is 29.7 Å². The first kappa shape index (κ1) is 13.1. The van der Waals surface area contributed by atoms with Crippen LogP contribution in [0.2, 0.25) is 0 Å². The van der Waals surface area contributed by atoms with E-state index in [-0.39, 0.29) is 0 Å². The zero-order valence-corrected chi connectivity index (χ0v) is 10.4. The highest BCUT2D eigenvalue weighted by molar-refractivity contribution is 7.90. The van der Waals surface area contributed by atoms with Gasteiger partial charge in [0, 0.05) is 11.6 Å². The number of aliphatic carboxylic acids is 1. The fourth-order valence-electron chi connectivity index (χ4n) is 0.980. The van der Waals surface area contributed by atoms with Crippen molar-refractivity contribution in [3.63, 3.8) is 0 Å². The molecule has 2 N–H and O–H groups in total. The Morgan fingerprint density at radius 2 is 2.19 bits per heavy atom. The van der Waals surface area contributed by atoms with E-state index >= 15 is 0 Å². The quantitative estimate of drug-likeness (QED) is 0.811.